The number of halogens is 1. The van der Waals surface area contributed by atoms with Crippen LogP contribution in [0.5, 0.6) is 5.19 Å². The summed E-state index contributed by atoms with van der Waals surface area (Å²) >= 11 is 7.18. The molecule has 0 unspecified atom stereocenters. The minimum absolute atomic E-state index is 0.371. The molecule has 4 heteroatoms. The van der Waals surface area contributed by atoms with Crippen molar-refractivity contribution in [1.29, 1.82) is 0 Å². The molecule has 0 bridgehead atoms. The maximum Gasteiger partial charge on any atom is 0.274 e. The summed E-state index contributed by atoms with van der Waals surface area (Å²) in [7, 11) is 0. The second-order valence-corrected chi connectivity index (χ2v) is 4.52. The summed E-state index contributed by atoms with van der Waals surface area (Å²) in [4.78, 5) is 4.07. The Morgan fingerprint density at radius 1 is 1.38 bits per heavy atom. The van der Waals surface area contributed by atoms with Crippen molar-refractivity contribution in [2.24, 2.45) is 0 Å². The molecule has 1 aromatic rings. The third-order valence-electron chi connectivity index (χ3n) is 2.27. The second kappa shape index (κ2) is 4.29. The highest BCUT2D eigenvalue weighted by Crippen LogP contribution is 2.27. The fraction of sp³-hybridized carbons (Fsp3) is 0.667. The third kappa shape index (κ3) is 2.58. The molecule has 0 amide bonds. The Labute approximate surface area is 86.9 Å². The average molecular weight is 218 g/mol. The van der Waals surface area contributed by atoms with Crippen LogP contribution >= 0.6 is 22.9 Å². The summed E-state index contributed by atoms with van der Waals surface area (Å²) in [5.41, 5.74) is 0. The van der Waals surface area contributed by atoms with Crippen molar-refractivity contribution in [3.63, 3.8) is 0 Å². The zero-order valence-electron chi connectivity index (χ0n) is 7.33. The maximum atomic E-state index is 5.70. The van der Waals surface area contributed by atoms with Crippen LogP contribution in [0.15, 0.2) is 5.38 Å². The van der Waals surface area contributed by atoms with Gasteiger partial charge >= 0.3 is 0 Å². The van der Waals surface area contributed by atoms with Gasteiger partial charge in [0.2, 0.25) is 0 Å². The lowest BCUT2D eigenvalue weighted by Gasteiger charge is -2.21. The third-order valence-corrected chi connectivity index (χ3v) is 3.33. The fourth-order valence-electron chi connectivity index (χ4n) is 1.62. The molecule has 1 aliphatic carbocycles. The highest BCUT2D eigenvalue weighted by Gasteiger charge is 2.15. The van der Waals surface area contributed by atoms with E-state index in [0.717, 1.165) is 18.0 Å². The van der Waals surface area contributed by atoms with Gasteiger partial charge in [0.25, 0.3) is 5.19 Å². The Hall–Kier alpha value is -0.280. The Morgan fingerprint density at radius 3 is 2.77 bits per heavy atom. The predicted molar refractivity (Wildman–Crippen MR) is 54.6 cm³/mol. The van der Waals surface area contributed by atoms with E-state index in [0.29, 0.717) is 11.3 Å². The van der Waals surface area contributed by atoms with Crippen molar-refractivity contribution in [2.45, 2.75) is 38.2 Å². The zero-order chi connectivity index (χ0) is 9.10. The Bertz CT molecular complexity index is 270. The van der Waals surface area contributed by atoms with Gasteiger partial charge in [-0.15, -0.1) is 0 Å². The van der Waals surface area contributed by atoms with Gasteiger partial charge in [0, 0.05) is 5.38 Å². The second-order valence-electron chi connectivity index (χ2n) is 3.31. The standard InChI is InChI=1S/C9H12ClNOS/c10-8-6-13-9(11-8)12-7-4-2-1-3-5-7/h6-7H,1-5H2. The van der Waals surface area contributed by atoms with E-state index in [1.165, 1.54) is 30.6 Å². The average Bonchev–Trinajstić information content (AvgIpc) is 2.53. The molecule has 13 heavy (non-hydrogen) atoms. The first-order valence-corrected chi connectivity index (χ1v) is 5.88. The normalized spacial score (nSPS) is 18.8. The zero-order valence-corrected chi connectivity index (χ0v) is 8.90. The number of aromatic nitrogens is 1. The van der Waals surface area contributed by atoms with Crippen LogP contribution in [0.3, 0.4) is 0 Å². The first kappa shape index (κ1) is 9.28. The van der Waals surface area contributed by atoms with Crippen molar-refractivity contribution in [2.75, 3.05) is 0 Å². The van der Waals surface area contributed by atoms with E-state index in [1.54, 1.807) is 5.38 Å². The van der Waals surface area contributed by atoms with Crippen LogP contribution < -0.4 is 4.74 Å². The molecule has 0 radical (unpaired) electrons. The molecule has 0 N–H and O–H groups in total. The van der Waals surface area contributed by atoms with Gasteiger partial charge in [-0.3, -0.25) is 0 Å². The predicted octanol–water partition coefficient (Wildman–Crippen LogP) is 3.51. The topological polar surface area (TPSA) is 22.1 Å². The number of nitrogens with zero attached hydrogens (tertiary/aromatic N) is 1. The molecule has 1 heterocycles. The van der Waals surface area contributed by atoms with Crippen LogP contribution in [0, 0.1) is 0 Å². The van der Waals surface area contributed by atoms with E-state index in [4.69, 9.17) is 16.3 Å². The minimum atomic E-state index is 0.371. The number of ether oxygens (including phenoxy) is 1. The fourth-order valence-corrected chi connectivity index (χ4v) is 2.47. The van der Waals surface area contributed by atoms with Crippen LogP contribution in [-0.4, -0.2) is 11.1 Å². The summed E-state index contributed by atoms with van der Waals surface area (Å²) < 4.78 is 5.70. The molecule has 0 spiro atoms. The summed E-state index contributed by atoms with van der Waals surface area (Å²) in [6.07, 6.45) is 6.61. The molecule has 0 aromatic carbocycles. The molecule has 1 aromatic heterocycles. The molecule has 0 saturated heterocycles. The number of thiazole rings is 1. The highest BCUT2D eigenvalue weighted by molar-refractivity contribution is 7.11. The quantitative estimate of drug-likeness (QED) is 0.757. The molecule has 1 fully saturated rings. The lowest BCUT2D eigenvalue weighted by Crippen LogP contribution is -2.19. The number of hydrogen-bond acceptors (Lipinski definition) is 3. The van der Waals surface area contributed by atoms with Crippen LogP contribution in [0.4, 0.5) is 0 Å². The van der Waals surface area contributed by atoms with Gasteiger partial charge in [-0.25, -0.2) is 0 Å². The van der Waals surface area contributed by atoms with E-state index < -0.39 is 0 Å². The van der Waals surface area contributed by atoms with Gasteiger partial charge in [-0.2, -0.15) is 4.98 Å². The molecule has 2 rings (SSSR count). The number of hydrogen-bond donors (Lipinski definition) is 0. The smallest absolute Gasteiger partial charge is 0.274 e. The largest absolute Gasteiger partial charge is 0.467 e. The van der Waals surface area contributed by atoms with Crippen molar-refractivity contribution in [3.8, 4) is 5.19 Å². The first-order chi connectivity index (χ1) is 6.34. The molecule has 0 aliphatic heterocycles. The van der Waals surface area contributed by atoms with Gasteiger partial charge in [0.05, 0.1) is 0 Å². The monoisotopic (exact) mass is 217 g/mol. The van der Waals surface area contributed by atoms with E-state index >= 15 is 0 Å². The van der Waals surface area contributed by atoms with Crippen molar-refractivity contribution >= 4 is 22.9 Å². The summed E-state index contributed by atoms with van der Waals surface area (Å²) in [6, 6.07) is 0. The summed E-state index contributed by atoms with van der Waals surface area (Å²) in [5, 5.41) is 3.06. The molecule has 0 atom stereocenters. The summed E-state index contributed by atoms with van der Waals surface area (Å²) in [6.45, 7) is 0. The van der Waals surface area contributed by atoms with Crippen LogP contribution in [0.25, 0.3) is 0 Å². The van der Waals surface area contributed by atoms with E-state index in [-0.39, 0.29) is 0 Å². The first-order valence-electron chi connectivity index (χ1n) is 4.62. The molecule has 72 valence electrons. The molecule has 2 nitrogen and oxygen atoms in total. The van der Waals surface area contributed by atoms with Gasteiger partial charge in [-0.05, 0) is 25.7 Å². The van der Waals surface area contributed by atoms with Crippen molar-refractivity contribution in [1.82, 2.24) is 4.98 Å². The minimum Gasteiger partial charge on any atom is -0.467 e. The van der Waals surface area contributed by atoms with Gasteiger partial charge in [0.15, 0.2) is 0 Å². The molecule has 1 saturated carbocycles. The maximum absolute atomic E-state index is 5.70. The van der Waals surface area contributed by atoms with E-state index in [1.807, 2.05) is 0 Å². The van der Waals surface area contributed by atoms with Crippen molar-refractivity contribution in [3.05, 3.63) is 10.5 Å². The van der Waals surface area contributed by atoms with E-state index in [9.17, 15) is 0 Å². The number of rotatable bonds is 2. The Morgan fingerprint density at radius 2 is 2.15 bits per heavy atom. The van der Waals surface area contributed by atoms with Crippen LogP contribution in [0.2, 0.25) is 5.15 Å². The molecule has 1 aliphatic rings. The molecular formula is C9H12ClNOS. The van der Waals surface area contributed by atoms with Crippen LogP contribution in [0.1, 0.15) is 32.1 Å². The van der Waals surface area contributed by atoms with Gasteiger partial charge in [-0.1, -0.05) is 29.4 Å². The lowest BCUT2D eigenvalue weighted by atomic mass is 9.98. The SMILES string of the molecule is Clc1csc(OC2CCCCC2)n1. The highest BCUT2D eigenvalue weighted by atomic mass is 35.5. The Kier molecular flexibility index (Phi) is 3.06. The summed E-state index contributed by atoms with van der Waals surface area (Å²) in [5.74, 6) is 0. The van der Waals surface area contributed by atoms with Crippen molar-refractivity contribution < 1.29 is 4.74 Å². The lowest BCUT2D eigenvalue weighted by molar-refractivity contribution is 0.154. The van der Waals surface area contributed by atoms with E-state index in [2.05, 4.69) is 4.98 Å². The van der Waals surface area contributed by atoms with Gasteiger partial charge < -0.3 is 4.74 Å². The van der Waals surface area contributed by atoms with Gasteiger partial charge in [0.1, 0.15) is 11.3 Å². The Balaban J connectivity index is 1.89. The van der Waals surface area contributed by atoms with Crippen LogP contribution in [-0.2, 0) is 0 Å². The molecular weight excluding hydrogens is 206 g/mol.